The zero-order valence-electron chi connectivity index (χ0n) is 11.3. The van der Waals surface area contributed by atoms with Crippen molar-refractivity contribution in [3.8, 4) is 0 Å². The van der Waals surface area contributed by atoms with Gasteiger partial charge in [-0.25, -0.2) is 4.79 Å². The van der Waals surface area contributed by atoms with Gasteiger partial charge >= 0.3 is 12.0 Å². The second-order valence-corrected chi connectivity index (χ2v) is 5.17. The molecule has 0 saturated carbocycles. The van der Waals surface area contributed by atoms with Crippen molar-refractivity contribution >= 4 is 12.0 Å². The van der Waals surface area contributed by atoms with E-state index < -0.39 is 5.97 Å². The fourth-order valence-electron chi connectivity index (χ4n) is 2.39. The van der Waals surface area contributed by atoms with Gasteiger partial charge in [0.25, 0.3) is 0 Å². The van der Waals surface area contributed by atoms with Crippen LogP contribution in [0.15, 0.2) is 0 Å². The second-order valence-electron chi connectivity index (χ2n) is 5.17. The van der Waals surface area contributed by atoms with E-state index in [1.165, 1.54) is 0 Å². The number of carboxylic acids is 1. The van der Waals surface area contributed by atoms with Crippen LogP contribution < -0.4 is 5.32 Å². The van der Waals surface area contributed by atoms with E-state index in [1.54, 1.807) is 4.90 Å². The number of nitrogens with zero attached hydrogens (tertiary/aromatic N) is 1. The summed E-state index contributed by atoms with van der Waals surface area (Å²) in [5.41, 5.74) is 0. The first-order valence-electron chi connectivity index (χ1n) is 6.80. The average molecular weight is 256 g/mol. The summed E-state index contributed by atoms with van der Waals surface area (Å²) in [4.78, 5) is 24.2. The van der Waals surface area contributed by atoms with E-state index in [0.29, 0.717) is 18.9 Å². The van der Waals surface area contributed by atoms with Gasteiger partial charge in [-0.3, -0.25) is 4.79 Å². The van der Waals surface area contributed by atoms with E-state index in [-0.39, 0.29) is 18.5 Å². The Morgan fingerprint density at radius 3 is 2.83 bits per heavy atom. The molecule has 2 unspecified atom stereocenters. The van der Waals surface area contributed by atoms with Crippen LogP contribution >= 0.6 is 0 Å². The Hall–Kier alpha value is -1.26. The maximum atomic E-state index is 11.9. The Morgan fingerprint density at radius 1 is 1.50 bits per heavy atom. The quantitative estimate of drug-likeness (QED) is 0.764. The molecule has 0 aromatic carbocycles. The van der Waals surface area contributed by atoms with E-state index in [2.05, 4.69) is 12.2 Å². The normalized spacial score (nSPS) is 20.8. The Balaban J connectivity index is 2.28. The maximum absolute atomic E-state index is 11.9. The van der Waals surface area contributed by atoms with Crippen molar-refractivity contribution in [2.24, 2.45) is 5.92 Å². The van der Waals surface area contributed by atoms with Crippen molar-refractivity contribution in [1.29, 1.82) is 0 Å². The highest BCUT2D eigenvalue weighted by Gasteiger charge is 2.26. The molecule has 2 atom stereocenters. The first kappa shape index (κ1) is 14.8. The summed E-state index contributed by atoms with van der Waals surface area (Å²) >= 11 is 0. The number of carbonyl (C=O) groups is 2. The van der Waals surface area contributed by atoms with Crippen LogP contribution in [0.2, 0.25) is 0 Å². The van der Waals surface area contributed by atoms with Crippen LogP contribution in [0.25, 0.3) is 0 Å². The van der Waals surface area contributed by atoms with Crippen LogP contribution in [0.3, 0.4) is 0 Å². The standard InChI is InChI=1S/C13H24N2O3/c1-3-4-10(2)14-13(18)15-8-7-11(9-15)5-6-12(16)17/h10-11H,3-9H2,1-2H3,(H,14,18)(H,16,17). The molecule has 1 saturated heterocycles. The fraction of sp³-hybridized carbons (Fsp3) is 0.846. The van der Waals surface area contributed by atoms with E-state index in [4.69, 9.17) is 5.11 Å². The van der Waals surface area contributed by atoms with E-state index >= 15 is 0 Å². The van der Waals surface area contributed by atoms with Gasteiger partial charge < -0.3 is 15.3 Å². The summed E-state index contributed by atoms with van der Waals surface area (Å²) < 4.78 is 0. The molecule has 5 heteroatoms. The number of urea groups is 1. The molecule has 2 amide bonds. The summed E-state index contributed by atoms with van der Waals surface area (Å²) in [6.45, 7) is 5.55. The monoisotopic (exact) mass is 256 g/mol. The molecule has 104 valence electrons. The van der Waals surface area contributed by atoms with Gasteiger partial charge in [0.1, 0.15) is 0 Å². The lowest BCUT2D eigenvalue weighted by Gasteiger charge is -2.20. The molecule has 1 rings (SSSR count). The smallest absolute Gasteiger partial charge is 0.317 e. The van der Waals surface area contributed by atoms with Crippen molar-refractivity contribution in [1.82, 2.24) is 10.2 Å². The van der Waals surface area contributed by atoms with E-state index in [9.17, 15) is 9.59 Å². The molecular formula is C13H24N2O3. The second kappa shape index (κ2) is 7.24. The number of hydrogen-bond acceptors (Lipinski definition) is 2. The lowest BCUT2D eigenvalue weighted by molar-refractivity contribution is -0.137. The van der Waals surface area contributed by atoms with Crippen LogP contribution in [0.5, 0.6) is 0 Å². The highest BCUT2D eigenvalue weighted by molar-refractivity contribution is 5.74. The fourth-order valence-corrected chi connectivity index (χ4v) is 2.39. The molecule has 1 aliphatic rings. The number of hydrogen-bond donors (Lipinski definition) is 2. The molecule has 0 aliphatic carbocycles. The summed E-state index contributed by atoms with van der Waals surface area (Å²) in [5.74, 6) is -0.414. The molecule has 1 aliphatic heterocycles. The van der Waals surface area contributed by atoms with Crippen molar-refractivity contribution in [3.63, 3.8) is 0 Å². The number of nitrogens with one attached hydrogen (secondary N) is 1. The number of carbonyl (C=O) groups excluding carboxylic acids is 1. The SMILES string of the molecule is CCCC(C)NC(=O)N1CCC(CCC(=O)O)C1. The topological polar surface area (TPSA) is 69.6 Å². The number of aliphatic carboxylic acids is 1. The first-order valence-corrected chi connectivity index (χ1v) is 6.80. The Bertz CT molecular complexity index is 294. The minimum Gasteiger partial charge on any atom is -0.481 e. The molecule has 5 nitrogen and oxygen atoms in total. The van der Waals surface area contributed by atoms with Gasteiger partial charge in [-0.1, -0.05) is 13.3 Å². The number of likely N-dealkylation sites (tertiary alicyclic amines) is 1. The zero-order chi connectivity index (χ0) is 13.5. The van der Waals surface area contributed by atoms with Crippen LogP contribution in [0.1, 0.15) is 46.0 Å². The molecular weight excluding hydrogens is 232 g/mol. The Labute approximate surface area is 109 Å². The third-order valence-corrected chi connectivity index (χ3v) is 3.43. The van der Waals surface area contributed by atoms with Gasteiger partial charge in [-0.15, -0.1) is 0 Å². The summed E-state index contributed by atoms with van der Waals surface area (Å²) in [6.07, 6.45) is 3.84. The highest BCUT2D eigenvalue weighted by atomic mass is 16.4. The molecule has 0 spiro atoms. The first-order chi connectivity index (χ1) is 8.52. The average Bonchev–Trinajstić information content (AvgIpc) is 2.75. The van der Waals surface area contributed by atoms with Gasteiger partial charge in [0.15, 0.2) is 0 Å². The van der Waals surface area contributed by atoms with E-state index in [1.807, 2.05) is 6.92 Å². The van der Waals surface area contributed by atoms with E-state index in [0.717, 1.165) is 25.8 Å². The van der Waals surface area contributed by atoms with Crippen molar-refractivity contribution in [2.45, 2.75) is 52.0 Å². The molecule has 0 aromatic rings. The molecule has 2 N–H and O–H groups in total. The Morgan fingerprint density at radius 2 is 2.22 bits per heavy atom. The van der Waals surface area contributed by atoms with Gasteiger partial charge in [0.2, 0.25) is 0 Å². The summed E-state index contributed by atoms with van der Waals surface area (Å²) in [6, 6.07) is 0.203. The number of rotatable bonds is 6. The molecule has 0 radical (unpaired) electrons. The van der Waals surface area contributed by atoms with Gasteiger partial charge in [-0.2, -0.15) is 0 Å². The van der Waals surface area contributed by atoms with Crippen molar-refractivity contribution in [3.05, 3.63) is 0 Å². The van der Waals surface area contributed by atoms with Crippen molar-refractivity contribution < 1.29 is 14.7 Å². The van der Waals surface area contributed by atoms with Crippen LogP contribution in [-0.4, -0.2) is 41.1 Å². The molecule has 18 heavy (non-hydrogen) atoms. The van der Waals surface area contributed by atoms with Gasteiger partial charge in [0.05, 0.1) is 0 Å². The van der Waals surface area contributed by atoms with Crippen molar-refractivity contribution in [2.75, 3.05) is 13.1 Å². The molecule has 1 heterocycles. The molecule has 0 aromatic heterocycles. The highest BCUT2D eigenvalue weighted by Crippen LogP contribution is 2.21. The zero-order valence-corrected chi connectivity index (χ0v) is 11.3. The van der Waals surface area contributed by atoms with Gasteiger partial charge in [0, 0.05) is 25.6 Å². The van der Waals surface area contributed by atoms with Crippen LogP contribution in [-0.2, 0) is 4.79 Å². The van der Waals surface area contributed by atoms with Gasteiger partial charge in [-0.05, 0) is 32.1 Å². The lowest BCUT2D eigenvalue weighted by Crippen LogP contribution is -2.42. The number of carboxylic acid groups (broad SMARTS) is 1. The minimum absolute atomic E-state index is 0.00576. The summed E-state index contributed by atoms with van der Waals surface area (Å²) in [7, 11) is 0. The largest absolute Gasteiger partial charge is 0.481 e. The maximum Gasteiger partial charge on any atom is 0.317 e. The number of amides is 2. The van der Waals surface area contributed by atoms with Crippen LogP contribution in [0, 0.1) is 5.92 Å². The third kappa shape index (κ3) is 4.94. The third-order valence-electron chi connectivity index (χ3n) is 3.43. The molecule has 0 bridgehead atoms. The predicted molar refractivity (Wildman–Crippen MR) is 69.5 cm³/mol. The minimum atomic E-state index is -0.755. The Kier molecular flexibility index (Phi) is 5.95. The molecule has 1 fully saturated rings. The van der Waals surface area contributed by atoms with Crippen LogP contribution in [0.4, 0.5) is 4.79 Å². The predicted octanol–water partition coefficient (Wildman–Crippen LogP) is 2.07. The lowest BCUT2D eigenvalue weighted by atomic mass is 10.0. The summed E-state index contributed by atoms with van der Waals surface area (Å²) in [5, 5.41) is 11.6.